The lowest BCUT2D eigenvalue weighted by Crippen LogP contribution is -2.41. The smallest absolute Gasteiger partial charge is 0.489 e. The van der Waals surface area contributed by atoms with Crippen LogP contribution in [0.5, 0.6) is 5.75 Å². The molecule has 0 amide bonds. The van der Waals surface area contributed by atoms with Crippen LogP contribution in [-0.4, -0.2) is 37.5 Å². The first-order valence-corrected chi connectivity index (χ1v) is 7.70. The summed E-state index contributed by atoms with van der Waals surface area (Å²) < 4.78 is 18.0. The van der Waals surface area contributed by atoms with Gasteiger partial charge in [0.15, 0.2) is 0 Å². The van der Waals surface area contributed by atoms with Crippen molar-refractivity contribution in [2.75, 3.05) is 13.1 Å². The maximum atomic E-state index is 6.05. The van der Waals surface area contributed by atoms with Gasteiger partial charge in [0.25, 0.3) is 0 Å². The lowest BCUT2D eigenvalue weighted by molar-refractivity contribution is 0.00578. The highest BCUT2D eigenvalue weighted by molar-refractivity contribution is 6.62. The minimum Gasteiger partial charge on any atom is -0.489 e. The molecule has 0 aliphatic carbocycles. The summed E-state index contributed by atoms with van der Waals surface area (Å²) in [7, 11) is -0.308. The number of nitrogens with one attached hydrogen (secondary N) is 1. The Hall–Kier alpha value is -1.04. The molecule has 0 aromatic heterocycles. The van der Waals surface area contributed by atoms with Crippen LogP contribution in [0.4, 0.5) is 0 Å². The first-order valence-electron chi connectivity index (χ1n) is 7.70. The topological polar surface area (TPSA) is 39.7 Å². The Morgan fingerprint density at radius 2 is 1.71 bits per heavy atom. The molecule has 114 valence electrons. The molecule has 0 saturated carbocycles. The van der Waals surface area contributed by atoms with Gasteiger partial charge < -0.3 is 19.4 Å². The van der Waals surface area contributed by atoms with Gasteiger partial charge in [0.1, 0.15) is 11.9 Å². The van der Waals surface area contributed by atoms with E-state index in [9.17, 15) is 0 Å². The van der Waals surface area contributed by atoms with Crippen molar-refractivity contribution in [3.05, 3.63) is 24.3 Å². The number of hydrogen-bond acceptors (Lipinski definition) is 4. The third kappa shape index (κ3) is 2.96. The molecule has 0 unspecified atom stereocenters. The normalized spacial score (nSPS) is 27.0. The third-order valence-electron chi connectivity index (χ3n) is 4.72. The molecule has 5 heteroatoms. The van der Waals surface area contributed by atoms with Crippen LogP contribution < -0.4 is 15.5 Å². The highest BCUT2D eigenvalue weighted by Gasteiger charge is 2.51. The van der Waals surface area contributed by atoms with Crippen molar-refractivity contribution in [3.63, 3.8) is 0 Å². The average molecular weight is 289 g/mol. The summed E-state index contributed by atoms with van der Waals surface area (Å²) in [4.78, 5) is 0. The van der Waals surface area contributed by atoms with Crippen LogP contribution in [0, 0.1) is 0 Å². The summed E-state index contributed by atoms with van der Waals surface area (Å²) in [6.07, 6.45) is 1.35. The monoisotopic (exact) mass is 289 g/mol. The zero-order valence-electron chi connectivity index (χ0n) is 13.3. The summed E-state index contributed by atoms with van der Waals surface area (Å²) in [5.74, 6) is 0.906. The molecular weight excluding hydrogens is 265 g/mol. The van der Waals surface area contributed by atoms with Gasteiger partial charge >= 0.3 is 7.12 Å². The van der Waals surface area contributed by atoms with Gasteiger partial charge in [-0.05, 0) is 58.3 Å². The highest BCUT2D eigenvalue weighted by atomic mass is 16.7. The first-order chi connectivity index (χ1) is 9.87. The predicted molar refractivity (Wildman–Crippen MR) is 84.1 cm³/mol. The van der Waals surface area contributed by atoms with E-state index in [-0.39, 0.29) is 24.4 Å². The van der Waals surface area contributed by atoms with Gasteiger partial charge in [-0.3, -0.25) is 0 Å². The van der Waals surface area contributed by atoms with E-state index in [1.54, 1.807) is 0 Å². The van der Waals surface area contributed by atoms with Crippen molar-refractivity contribution in [2.24, 2.45) is 0 Å². The van der Waals surface area contributed by atoms with Crippen molar-refractivity contribution in [1.82, 2.24) is 5.32 Å². The Morgan fingerprint density at radius 3 is 2.24 bits per heavy atom. The van der Waals surface area contributed by atoms with Crippen LogP contribution >= 0.6 is 0 Å². The van der Waals surface area contributed by atoms with Crippen LogP contribution in [0.25, 0.3) is 0 Å². The van der Waals surface area contributed by atoms with Gasteiger partial charge in [0, 0.05) is 6.54 Å². The fourth-order valence-electron chi connectivity index (χ4n) is 2.60. The van der Waals surface area contributed by atoms with Crippen molar-refractivity contribution in [3.8, 4) is 5.75 Å². The van der Waals surface area contributed by atoms with Crippen LogP contribution in [0.3, 0.4) is 0 Å². The van der Waals surface area contributed by atoms with E-state index in [2.05, 4.69) is 33.0 Å². The molecule has 2 aliphatic rings. The summed E-state index contributed by atoms with van der Waals surface area (Å²) >= 11 is 0. The first kappa shape index (κ1) is 14.9. The number of ether oxygens (including phenoxy) is 1. The molecule has 2 aliphatic heterocycles. The van der Waals surface area contributed by atoms with Crippen LogP contribution in [0.15, 0.2) is 24.3 Å². The Morgan fingerprint density at radius 1 is 1.10 bits per heavy atom. The quantitative estimate of drug-likeness (QED) is 0.860. The fourth-order valence-corrected chi connectivity index (χ4v) is 2.60. The highest BCUT2D eigenvalue weighted by Crippen LogP contribution is 2.36. The molecule has 1 atom stereocenters. The van der Waals surface area contributed by atoms with Crippen LogP contribution in [-0.2, 0) is 9.31 Å². The molecule has 0 spiro atoms. The molecule has 0 bridgehead atoms. The Kier molecular flexibility index (Phi) is 3.76. The zero-order chi connectivity index (χ0) is 15.1. The van der Waals surface area contributed by atoms with Crippen molar-refractivity contribution in [2.45, 2.75) is 51.4 Å². The molecule has 0 radical (unpaired) electrons. The summed E-state index contributed by atoms with van der Waals surface area (Å²) in [5, 5.41) is 3.30. The van der Waals surface area contributed by atoms with E-state index >= 15 is 0 Å². The largest absolute Gasteiger partial charge is 0.494 e. The lowest BCUT2D eigenvalue weighted by Gasteiger charge is -2.32. The minimum absolute atomic E-state index is 0.285. The lowest BCUT2D eigenvalue weighted by atomic mass is 9.79. The second-order valence-electron chi connectivity index (χ2n) is 6.89. The van der Waals surface area contributed by atoms with Gasteiger partial charge in [-0.25, -0.2) is 0 Å². The SMILES string of the molecule is CC1(C)OB(c2ccc(O[C@H]3CCNC3)cc2)OC1(C)C. The van der Waals surface area contributed by atoms with Gasteiger partial charge in [0.05, 0.1) is 11.2 Å². The molecule has 1 aromatic rings. The Balaban J connectivity index is 1.67. The van der Waals surface area contributed by atoms with E-state index in [1.807, 2.05) is 24.3 Å². The summed E-state index contributed by atoms with van der Waals surface area (Å²) in [5.41, 5.74) is 0.426. The van der Waals surface area contributed by atoms with Gasteiger partial charge in [0.2, 0.25) is 0 Å². The van der Waals surface area contributed by atoms with Crippen LogP contribution in [0.2, 0.25) is 0 Å². The number of benzene rings is 1. The second kappa shape index (κ2) is 5.31. The molecule has 1 N–H and O–H groups in total. The second-order valence-corrected chi connectivity index (χ2v) is 6.89. The summed E-state index contributed by atoms with van der Waals surface area (Å²) in [6, 6.07) is 8.05. The standard InChI is InChI=1S/C16H24BNO3/c1-15(2)16(3,4)21-17(20-15)12-5-7-13(8-6-12)19-14-9-10-18-11-14/h5-8,14,18H,9-11H2,1-4H3/t14-/m0/s1. The number of rotatable bonds is 3. The maximum absolute atomic E-state index is 6.05. The van der Waals surface area contributed by atoms with E-state index < -0.39 is 0 Å². The zero-order valence-corrected chi connectivity index (χ0v) is 13.3. The average Bonchev–Trinajstić information content (AvgIpc) is 2.97. The molecule has 1 aromatic carbocycles. The van der Waals surface area contributed by atoms with Crippen molar-refractivity contribution < 1.29 is 14.0 Å². The van der Waals surface area contributed by atoms with Crippen LogP contribution in [0.1, 0.15) is 34.1 Å². The third-order valence-corrected chi connectivity index (χ3v) is 4.72. The molecule has 3 rings (SSSR count). The molecule has 4 nitrogen and oxygen atoms in total. The van der Waals surface area contributed by atoms with E-state index in [0.29, 0.717) is 0 Å². The summed E-state index contributed by atoms with van der Waals surface area (Å²) in [6.45, 7) is 10.2. The Labute approximate surface area is 127 Å². The van der Waals surface area contributed by atoms with E-state index in [1.165, 1.54) is 0 Å². The van der Waals surface area contributed by atoms with Gasteiger partial charge in [-0.1, -0.05) is 12.1 Å². The molecule has 2 fully saturated rings. The van der Waals surface area contributed by atoms with E-state index in [0.717, 1.165) is 30.7 Å². The number of hydrogen-bond donors (Lipinski definition) is 1. The van der Waals surface area contributed by atoms with Gasteiger partial charge in [-0.15, -0.1) is 0 Å². The predicted octanol–water partition coefficient (Wildman–Crippen LogP) is 1.73. The van der Waals surface area contributed by atoms with Crippen molar-refractivity contribution in [1.29, 1.82) is 0 Å². The molecule has 2 saturated heterocycles. The minimum atomic E-state index is -0.308. The molecular formula is C16H24BNO3. The van der Waals surface area contributed by atoms with Gasteiger partial charge in [-0.2, -0.15) is 0 Å². The molecule has 21 heavy (non-hydrogen) atoms. The van der Waals surface area contributed by atoms with E-state index in [4.69, 9.17) is 14.0 Å². The Bertz CT molecular complexity index is 479. The fraction of sp³-hybridized carbons (Fsp3) is 0.625. The van der Waals surface area contributed by atoms with Crippen molar-refractivity contribution >= 4 is 12.6 Å². The maximum Gasteiger partial charge on any atom is 0.494 e. The molecule has 2 heterocycles.